The molecule has 1 fully saturated rings. The van der Waals surface area contributed by atoms with E-state index >= 15 is 0 Å². The number of rotatable bonds is 7. The summed E-state index contributed by atoms with van der Waals surface area (Å²) in [6.45, 7) is 0. The van der Waals surface area contributed by atoms with Gasteiger partial charge in [0, 0.05) is 7.05 Å². The van der Waals surface area contributed by atoms with Gasteiger partial charge in [0.1, 0.15) is 0 Å². The van der Waals surface area contributed by atoms with Gasteiger partial charge in [-0.1, -0.05) is 44.9 Å². The molecular weight excluding hydrogens is 255 g/mol. The first-order valence-corrected chi connectivity index (χ1v) is 6.62. The summed E-state index contributed by atoms with van der Waals surface area (Å²) in [6, 6.07) is -0.416. The van der Waals surface area contributed by atoms with Gasteiger partial charge in [-0.05, 0) is 12.3 Å². The molecule has 0 heterocycles. The predicted molar refractivity (Wildman–Crippen MR) is 67.1 cm³/mol. The zero-order chi connectivity index (χ0) is 12.5. The summed E-state index contributed by atoms with van der Waals surface area (Å²) in [5.74, 6) is 0.700. The van der Waals surface area contributed by atoms with Crippen LogP contribution in [0.3, 0.4) is 0 Å². The van der Waals surface area contributed by atoms with E-state index in [1.165, 1.54) is 38.5 Å². The molecule has 1 atom stereocenters. The molecule has 0 aromatic rings. The Morgan fingerprint density at radius 3 is 2.56 bits per heavy atom. The minimum absolute atomic E-state index is 0. The molecule has 2 amide bonds. The molecule has 98 valence electrons. The molecule has 1 rings (SSSR count). The van der Waals surface area contributed by atoms with E-state index in [-0.39, 0.29) is 57.3 Å². The molecule has 0 saturated heterocycles. The third-order valence-corrected chi connectivity index (χ3v) is 3.63. The second-order valence-corrected chi connectivity index (χ2v) is 4.85. The maximum absolute atomic E-state index is 11.4. The number of carbonyl (C=O) groups excluding carboxylic acids is 2. The topological polar surface area (TPSA) is 58.2 Å². The Labute approximate surface area is 152 Å². The quantitative estimate of drug-likeness (QED) is 0.339. The van der Waals surface area contributed by atoms with E-state index in [2.05, 4.69) is 10.6 Å². The summed E-state index contributed by atoms with van der Waals surface area (Å²) in [5.41, 5.74) is 0. The van der Waals surface area contributed by atoms with E-state index in [1.54, 1.807) is 13.5 Å². The minimum atomic E-state index is -0.416. The van der Waals surface area contributed by atoms with Crippen LogP contribution >= 0.6 is 0 Å². The molecule has 1 unspecified atom stereocenters. The van der Waals surface area contributed by atoms with Crippen LogP contribution in [0.1, 0.15) is 51.4 Å². The second-order valence-electron chi connectivity index (χ2n) is 4.85. The van der Waals surface area contributed by atoms with Crippen LogP contribution in [0.25, 0.3) is 0 Å². The third kappa shape index (κ3) is 7.24. The zero-order valence-corrected chi connectivity index (χ0v) is 14.8. The molecule has 0 aromatic heterocycles. The van der Waals surface area contributed by atoms with Crippen LogP contribution in [0, 0.1) is 5.92 Å². The Kier molecular flexibility index (Phi) is 11.8. The van der Waals surface area contributed by atoms with Crippen LogP contribution in [-0.2, 0) is 9.59 Å². The van der Waals surface area contributed by atoms with Gasteiger partial charge in [-0.3, -0.25) is 4.79 Å². The zero-order valence-electron chi connectivity index (χ0n) is 11.6. The number of hydrogen-bond donors (Lipinski definition) is 2. The molecule has 1 aliphatic carbocycles. The van der Waals surface area contributed by atoms with E-state index < -0.39 is 6.04 Å². The van der Waals surface area contributed by atoms with Crippen LogP contribution in [0.15, 0.2) is 0 Å². The number of carbonyl (C=O) groups is 1. The second kappa shape index (κ2) is 11.4. The minimum Gasteiger partial charge on any atom is -0.520 e. The number of nitrogens with one attached hydrogen (secondary N) is 2. The molecule has 2 N–H and O–H groups in total. The molecule has 1 aliphatic rings. The van der Waals surface area contributed by atoms with E-state index in [1.807, 2.05) is 0 Å². The summed E-state index contributed by atoms with van der Waals surface area (Å²) < 4.78 is 0. The predicted octanol–water partition coefficient (Wildman–Crippen LogP) is -1.49. The SMILES string of the molecule is CNC(=O)C(CCCC1CCCCC1)N[C-]=O.[K+]. The van der Waals surface area contributed by atoms with Crippen LogP contribution in [0.2, 0.25) is 0 Å². The summed E-state index contributed by atoms with van der Waals surface area (Å²) in [4.78, 5) is 21.7. The van der Waals surface area contributed by atoms with E-state index in [9.17, 15) is 9.59 Å². The molecule has 0 spiro atoms. The molecule has 4 nitrogen and oxygen atoms in total. The van der Waals surface area contributed by atoms with Gasteiger partial charge >= 0.3 is 51.4 Å². The molecule has 0 bridgehead atoms. The van der Waals surface area contributed by atoms with Gasteiger partial charge in [0.2, 0.25) is 5.91 Å². The first kappa shape index (κ1) is 18.6. The van der Waals surface area contributed by atoms with Crippen molar-refractivity contribution in [1.29, 1.82) is 0 Å². The third-order valence-electron chi connectivity index (χ3n) is 3.63. The van der Waals surface area contributed by atoms with Crippen molar-refractivity contribution in [2.24, 2.45) is 5.92 Å². The van der Waals surface area contributed by atoms with Gasteiger partial charge in [0.25, 0.3) is 0 Å². The Morgan fingerprint density at radius 2 is 2.00 bits per heavy atom. The average Bonchev–Trinajstić information content (AvgIpc) is 2.38. The Balaban J connectivity index is 0.00000289. The van der Waals surface area contributed by atoms with Gasteiger partial charge in [-0.25, -0.2) is 0 Å². The van der Waals surface area contributed by atoms with Gasteiger partial charge in [0.05, 0.1) is 6.04 Å². The van der Waals surface area contributed by atoms with Crippen LogP contribution in [-0.4, -0.2) is 25.4 Å². The molecule has 0 aromatic carbocycles. The molecule has 0 aliphatic heterocycles. The first-order valence-electron chi connectivity index (χ1n) is 6.62. The molecule has 1 saturated carbocycles. The van der Waals surface area contributed by atoms with Crippen molar-refractivity contribution in [3.8, 4) is 0 Å². The van der Waals surface area contributed by atoms with E-state index in [0.717, 1.165) is 12.3 Å². The summed E-state index contributed by atoms with van der Waals surface area (Å²) in [6.07, 6.45) is 11.2. The summed E-state index contributed by atoms with van der Waals surface area (Å²) in [7, 11) is 1.59. The fraction of sp³-hybridized carbons (Fsp3) is 0.846. The molecule has 18 heavy (non-hydrogen) atoms. The van der Waals surface area contributed by atoms with Crippen molar-refractivity contribution in [3.63, 3.8) is 0 Å². The largest absolute Gasteiger partial charge is 1.00 e. The van der Waals surface area contributed by atoms with Crippen molar-refractivity contribution >= 4 is 12.3 Å². The fourth-order valence-electron chi connectivity index (χ4n) is 2.60. The Bertz CT molecular complexity index is 243. The van der Waals surface area contributed by atoms with Crippen LogP contribution < -0.4 is 62.0 Å². The number of likely N-dealkylation sites (N-methyl/N-ethyl adjacent to an activating group) is 1. The van der Waals surface area contributed by atoms with Crippen molar-refractivity contribution in [3.05, 3.63) is 0 Å². The van der Waals surface area contributed by atoms with Gasteiger partial charge in [-0.15, -0.1) is 0 Å². The van der Waals surface area contributed by atoms with Gasteiger partial charge in [0.15, 0.2) is 0 Å². The van der Waals surface area contributed by atoms with Gasteiger partial charge < -0.3 is 15.4 Å². The monoisotopic (exact) mass is 278 g/mol. The maximum Gasteiger partial charge on any atom is 1.00 e. The summed E-state index contributed by atoms with van der Waals surface area (Å²) >= 11 is 0. The smallest absolute Gasteiger partial charge is 0.520 e. The Hall–Kier alpha value is 0.576. The standard InChI is InChI=1S/C13H23N2O2.K/c1-14-13(17)12(15-10-16)9-5-8-11-6-3-2-4-7-11;/h11-12H,2-9H2,1H3,(H,14,17)(H,15,16);/q-1;+1. The van der Waals surface area contributed by atoms with Crippen LogP contribution in [0.4, 0.5) is 0 Å². The van der Waals surface area contributed by atoms with Gasteiger partial charge in [-0.2, -0.15) is 6.41 Å². The Morgan fingerprint density at radius 1 is 1.33 bits per heavy atom. The molecule has 0 radical (unpaired) electrons. The van der Waals surface area contributed by atoms with Crippen molar-refractivity contribution in [2.75, 3.05) is 7.05 Å². The number of hydrogen-bond acceptors (Lipinski definition) is 2. The first-order chi connectivity index (χ1) is 8.27. The number of amides is 2. The molecule has 5 heteroatoms. The maximum atomic E-state index is 11.4. The molecular formula is C13H23KN2O2. The van der Waals surface area contributed by atoms with Crippen molar-refractivity contribution in [2.45, 2.75) is 57.4 Å². The normalized spacial score (nSPS) is 17.4. The van der Waals surface area contributed by atoms with Crippen molar-refractivity contribution in [1.82, 2.24) is 10.6 Å². The van der Waals surface area contributed by atoms with E-state index in [4.69, 9.17) is 0 Å². The summed E-state index contributed by atoms with van der Waals surface area (Å²) in [5, 5.41) is 5.01. The van der Waals surface area contributed by atoms with Crippen LogP contribution in [0.5, 0.6) is 0 Å². The van der Waals surface area contributed by atoms with Crippen molar-refractivity contribution < 1.29 is 61.0 Å². The van der Waals surface area contributed by atoms with E-state index in [0.29, 0.717) is 6.42 Å². The fourth-order valence-corrected chi connectivity index (χ4v) is 2.60. The average molecular weight is 278 g/mol.